The standard InChI is InChI=1S/C18H34N6O2.HI/c1-15-20-12-14-24(15)13-7-6-9-21-16(19-5)22-10-8-11-23-17(25)26-18(2,3)4;/h12,14H,6-11,13H2,1-5H3,(H,23,25)(H2,19,21,22);1H. The molecular formula is C18H35IN6O2. The van der Waals surface area contributed by atoms with Crippen molar-refractivity contribution in [2.75, 3.05) is 26.7 Å². The molecule has 0 radical (unpaired) electrons. The fraction of sp³-hybridized carbons (Fsp3) is 0.722. The number of halogens is 1. The summed E-state index contributed by atoms with van der Waals surface area (Å²) in [6.07, 6.45) is 6.39. The van der Waals surface area contributed by atoms with E-state index < -0.39 is 5.60 Å². The molecule has 0 bridgehead atoms. The molecule has 9 heteroatoms. The zero-order valence-electron chi connectivity index (χ0n) is 17.2. The van der Waals surface area contributed by atoms with Gasteiger partial charge < -0.3 is 25.3 Å². The lowest BCUT2D eigenvalue weighted by Crippen LogP contribution is -2.39. The molecule has 0 unspecified atom stereocenters. The normalized spacial score (nSPS) is 11.5. The number of hydrogen-bond donors (Lipinski definition) is 3. The van der Waals surface area contributed by atoms with Gasteiger partial charge in [0.15, 0.2) is 5.96 Å². The lowest BCUT2D eigenvalue weighted by molar-refractivity contribution is 0.0527. The average molecular weight is 494 g/mol. The Morgan fingerprint density at radius 3 is 2.33 bits per heavy atom. The molecule has 1 amide bonds. The number of aryl methyl sites for hydroxylation is 2. The fourth-order valence-electron chi connectivity index (χ4n) is 2.27. The average Bonchev–Trinajstić information content (AvgIpc) is 2.95. The largest absolute Gasteiger partial charge is 0.444 e. The summed E-state index contributed by atoms with van der Waals surface area (Å²) >= 11 is 0. The van der Waals surface area contributed by atoms with E-state index in [2.05, 4.69) is 30.5 Å². The van der Waals surface area contributed by atoms with Crippen molar-refractivity contribution in [3.8, 4) is 0 Å². The van der Waals surface area contributed by atoms with Crippen LogP contribution in [-0.2, 0) is 11.3 Å². The molecule has 0 spiro atoms. The van der Waals surface area contributed by atoms with Crippen LogP contribution in [-0.4, -0.2) is 53.9 Å². The number of guanidine groups is 1. The fourth-order valence-corrected chi connectivity index (χ4v) is 2.27. The van der Waals surface area contributed by atoms with Crippen molar-refractivity contribution >= 4 is 36.0 Å². The van der Waals surface area contributed by atoms with Crippen LogP contribution in [0, 0.1) is 6.92 Å². The van der Waals surface area contributed by atoms with Crippen molar-refractivity contribution in [3.63, 3.8) is 0 Å². The van der Waals surface area contributed by atoms with Gasteiger partial charge in [0.1, 0.15) is 11.4 Å². The van der Waals surface area contributed by atoms with Crippen molar-refractivity contribution < 1.29 is 9.53 Å². The molecule has 1 rings (SSSR count). The van der Waals surface area contributed by atoms with E-state index in [4.69, 9.17) is 4.74 Å². The van der Waals surface area contributed by atoms with Gasteiger partial charge in [-0.3, -0.25) is 4.99 Å². The van der Waals surface area contributed by atoms with E-state index in [-0.39, 0.29) is 30.1 Å². The zero-order valence-corrected chi connectivity index (χ0v) is 19.5. The summed E-state index contributed by atoms with van der Waals surface area (Å²) < 4.78 is 7.34. The first-order valence-electron chi connectivity index (χ1n) is 9.21. The maximum absolute atomic E-state index is 11.5. The molecule has 27 heavy (non-hydrogen) atoms. The van der Waals surface area contributed by atoms with Crippen LogP contribution in [0.3, 0.4) is 0 Å². The Labute approximate surface area is 180 Å². The number of carbonyl (C=O) groups is 1. The summed E-state index contributed by atoms with van der Waals surface area (Å²) in [6, 6.07) is 0. The van der Waals surface area contributed by atoms with Gasteiger partial charge in [-0.05, 0) is 47.0 Å². The first-order valence-corrected chi connectivity index (χ1v) is 9.21. The predicted octanol–water partition coefficient (Wildman–Crippen LogP) is 2.67. The third kappa shape index (κ3) is 12.5. The van der Waals surface area contributed by atoms with Crippen LogP contribution in [0.1, 0.15) is 45.9 Å². The second-order valence-corrected chi connectivity index (χ2v) is 7.08. The monoisotopic (exact) mass is 494 g/mol. The summed E-state index contributed by atoms with van der Waals surface area (Å²) in [5.74, 6) is 1.83. The minimum Gasteiger partial charge on any atom is -0.444 e. The summed E-state index contributed by atoms with van der Waals surface area (Å²) in [6.45, 7) is 10.7. The van der Waals surface area contributed by atoms with Gasteiger partial charge in [0.05, 0.1) is 0 Å². The van der Waals surface area contributed by atoms with Gasteiger partial charge in [0.25, 0.3) is 0 Å². The van der Waals surface area contributed by atoms with Gasteiger partial charge in [-0.2, -0.15) is 0 Å². The van der Waals surface area contributed by atoms with E-state index in [0.29, 0.717) is 6.54 Å². The van der Waals surface area contributed by atoms with Crippen molar-refractivity contribution in [3.05, 3.63) is 18.2 Å². The van der Waals surface area contributed by atoms with Gasteiger partial charge in [-0.15, -0.1) is 24.0 Å². The van der Waals surface area contributed by atoms with Gasteiger partial charge in [0, 0.05) is 45.6 Å². The van der Waals surface area contributed by atoms with E-state index in [1.807, 2.05) is 40.1 Å². The first kappa shape index (κ1) is 25.5. The van der Waals surface area contributed by atoms with E-state index in [0.717, 1.165) is 50.7 Å². The molecule has 156 valence electrons. The lowest BCUT2D eigenvalue weighted by atomic mass is 10.2. The Kier molecular flexibility index (Phi) is 12.9. The third-order valence-electron chi connectivity index (χ3n) is 3.58. The number of amides is 1. The Hall–Kier alpha value is -1.52. The highest BCUT2D eigenvalue weighted by molar-refractivity contribution is 14.0. The first-order chi connectivity index (χ1) is 12.3. The van der Waals surface area contributed by atoms with E-state index in [1.165, 1.54) is 0 Å². The number of unbranched alkanes of at least 4 members (excludes halogenated alkanes) is 1. The van der Waals surface area contributed by atoms with Crippen LogP contribution in [0.15, 0.2) is 17.4 Å². The molecule has 8 nitrogen and oxygen atoms in total. The predicted molar refractivity (Wildman–Crippen MR) is 120 cm³/mol. The van der Waals surface area contributed by atoms with Crippen molar-refractivity contribution in [1.29, 1.82) is 0 Å². The minimum absolute atomic E-state index is 0. The SMILES string of the molecule is CN=C(NCCCCn1ccnc1C)NCCCNC(=O)OC(C)(C)C.I. The zero-order chi connectivity index (χ0) is 19.4. The molecule has 0 fully saturated rings. The molecule has 0 aliphatic rings. The van der Waals surface area contributed by atoms with E-state index in [1.54, 1.807) is 7.05 Å². The van der Waals surface area contributed by atoms with Crippen molar-refractivity contribution in [2.45, 2.75) is 59.1 Å². The third-order valence-corrected chi connectivity index (χ3v) is 3.58. The molecular weight excluding hydrogens is 459 g/mol. The van der Waals surface area contributed by atoms with Crippen molar-refractivity contribution in [1.82, 2.24) is 25.5 Å². The van der Waals surface area contributed by atoms with Crippen molar-refractivity contribution in [2.24, 2.45) is 4.99 Å². The van der Waals surface area contributed by atoms with E-state index in [9.17, 15) is 4.79 Å². The Bertz CT molecular complexity index is 568. The Morgan fingerprint density at radius 1 is 1.15 bits per heavy atom. The highest BCUT2D eigenvalue weighted by atomic mass is 127. The maximum Gasteiger partial charge on any atom is 0.407 e. The second kappa shape index (κ2) is 13.6. The number of carbonyl (C=O) groups excluding carboxylic acids is 1. The second-order valence-electron chi connectivity index (χ2n) is 7.08. The molecule has 1 heterocycles. The number of aliphatic imine (C=N–C) groups is 1. The molecule has 0 saturated carbocycles. The van der Waals surface area contributed by atoms with Crippen LogP contribution in [0.5, 0.6) is 0 Å². The van der Waals surface area contributed by atoms with Gasteiger partial charge >= 0.3 is 6.09 Å². The number of nitrogens with one attached hydrogen (secondary N) is 3. The summed E-state index contributed by atoms with van der Waals surface area (Å²) in [4.78, 5) is 19.9. The summed E-state index contributed by atoms with van der Waals surface area (Å²) in [5.41, 5.74) is -0.467. The number of aromatic nitrogens is 2. The molecule has 0 saturated heterocycles. The van der Waals surface area contributed by atoms with E-state index >= 15 is 0 Å². The quantitative estimate of drug-likeness (QED) is 0.213. The maximum atomic E-state index is 11.5. The van der Waals surface area contributed by atoms with Gasteiger partial charge in [-0.25, -0.2) is 9.78 Å². The minimum atomic E-state index is -0.467. The van der Waals surface area contributed by atoms with Gasteiger partial charge in [0.2, 0.25) is 0 Å². The number of rotatable bonds is 9. The molecule has 1 aromatic rings. The van der Waals surface area contributed by atoms with Crippen LogP contribution in [0.25, 0.3) is 0 Å². The number of alkyl carbamates (subject to hydrolysis) is 1. The van der Waals surface area contributed by atoms with Crippen LogP contribution >= 0.6 is 24.0 Å². The van der Waals surface area contributed by atoms with Crippen LogP contribution < -0.4 is 16.0 Å². The summed E-state index contributed by atoms with van der Waals surface area (Å²) in [5, 5.41) is 9.27. The molecule has 0 aliphatic heterocycles. The lowest BCUT2D eigenvalue weighted by Gasteiger charge is -2.19. The highest BCUT2D eigenvalue weighted by Crippen LogP contribution is 2.06. The molecule has 1 aromatic heterocycles. The Morgan fingerprint density at radius 2 is 1.78 bits per heavy atom. The molecule has 3 N–H and O–H groups in total. The number of hydrogen-bond acceptors (Lipinski definition) is 4. The number of ether oxygens (including phenoxy) is 1. The molecule has 0 aliphatic carbocycles. The molecule has 0 aromatic carbocycles. The van der Waals surface area contributed by atoms with Gasteiger partial charge in [-0.1, -0.05) is 0 Å². The number of nitrogens with zero attached hydrogens (tertiary/aromatic N) is 3. The number of imidazole rings is 1. The van der Waals surface area contributed by atoms with Crippen LogP contribution in [0.2, 0.25) is 0 Å². The Balaban J connectivity index is 0.00000676. The van der Waals surface area contributed by atoms with Crippen LogP contribution in [0.4, 0.5) is 4.79 Å². The summed E-state index contributed by atoms with van der Waals surface area (Å²) in [7, 11) is 1.75. The topological polar surface area (TPSA) is 92.6 Å². The highest BCUT2D eigenvalue weighted by Gasteiger charge is 2.15. The smallest absolute Gasteiger partial charge is 0.407 e. The molecule has 0 atom stereocenters.